The predicted molar refractivity (Wildman–Crippen MR) is 143 cm³/mol. The van der Waals surface area contributed by atoms with Crippen molar-refractivity contribution in [1.82, 2.24) is 24.8 Å². The highest BCUT2D eigenvalue weighted by Gasteiger charge is 2.24. The van der Waals surface area contributed by atoms with Gasteiger partial charge in [-0.1, -0.05) is 24.3 Å². The molecule has 1 aromatic carbocycles. The molecule has 7 nitrogen and oxygen atoms in total. The first-order valence-corrected chi connectivity index (χ1v) is 12.7. The molecule has 5 rings (SSSR count). The second kappa shape index (κ2) is 12.1. The van der Waals surface area contributed by atoms with Crippen LogP contribution < -0.4 is 15.8 Å². The van der Waals surface area contributed by atoms with E-state index in [1.165, 1.54) is 43.5 Å². The highest BCUT2D eigenvalue weighted by Crippen LogP contribution is 2.30. The molecule has 35 heavy (non-hydrogen) atoms. The number of pyridine rings is 1. The number of hydrogen-bond acceptors (Lipinski definition) is 6. The van der Waals surface area contributed by atoms with Gasteiger partial charge in [-0.2, -0.15) is 0 Å². The van der Waals surface area contributed by atoms with Crippen molar-refractivity contribution in [2.75, 3.05) is 45.2 Å². The molecule has 2 aliphatic heterocycles. The zero-order valence-electron chi connectivity index (χ0n) is 21.3. The molecule has 0 aliphatic carbocycles. The highest BCUT2D eigenvalue weighted by molar-refractivity contribution is 5.59. The van der Waals surface area contributed by atoms with Gasteiger partial charge in [0, 0.05) is 56.6 Å². The van der Waals surface area contributed by atoms with Gasteiger partial charge in [-0.3, -0.25) is 19.2 Å². The first-order valence-electron chi connectivity index (χ1n) is 12.7. The molecular formula is C28H38N6O. The van der Waals surface area contributed by atoms with Crippen LogP contribution in [-0.2, 0) is 13.6 Å². The molecular weight excluding hydrogens is 436 g/mol. The number of likely N-dealkylation sites (tertiary alicyclic amines) is 1. The summed E-state index contributed by atoms with van der Waals surface area (Å²) < 4.78 is 1.67. The zero-order valence-corrected chi connectivity index (χ0v) is 21.3. The second-order valence-electron chi connectivity index (χ2n) is 9.58. The van der Waals surface area contributed by atoms with Crippen molar-refractivity contribution in [2.24, 2.45) is 7.05 Å². The van der Waals surface area contributed by atoms with Crippen LogP contribution >= 0.6 is 0 Å². The lowest BCUT2D eigenvalue weighted by atomic mass is 9.90. The van der Waals surface area contributed by atoms with Gasteiger partial charge in [-0.25, -0.2) is 4.98 Å². The topological polar surface area (TPSA) is 66.3 Å². The number of aromatic nitrogens is 3. The van der Waals surface area contributed by atoms with Gasteiger partial charge in [0.2, 0.25) is 5.95 Å². The molecule has 1 atom stereocenters. The van der Waals surface area contributed by atoms with Crippen molar-refractivity contribution < 1.29 is 0 Å². The third-order valence-electron chi connectivity index (χ3n) is 6.85. The number of rotatable bonds is 5. The zero-order chi connectivity index (χ0) is 24.6. The summed E-state index contributed by atoms with van der Waals surface area (Å²) in [5.74, 6) is 1.20. The molecule has 2 aromatic heterocycles. The lowest BCUT2D eigenvalue weighted by molar-refractivity contribution is 0.331. The maximum Gasteiger partial charge on any atom is 0.255 e. The minimum absolute atomic E-state index is 0.0322. The van der Waals surface area contributed by atoms with Gasteiger partial charge in [0.15, 0.2) is 0 Å². The van der Waals surface area contributed by atoms with E-state index < -0.39 is 0 Å². The average molecular weight is 475 g/mol. The Morgan fingerprint density at radius 2 is 1.66 bits per heavy atom. The number of benzene rings is 1. The first kappa shape index (κ1) is 25.1. The number of nitrogens with one attached hydrogen (secondary N) is 1. The third-order valence-corrected chi connectivity index (χ3v) is 6.85. The fourth-order valence-electron chi connectivity index (χ4n) is 5.01. The summed E-state index contributed by atoms with van der Waals surface area (Å²) in [6.07, 6.45) is 8.39. The van der Waals surface area contributed by atoms with Crippen LogP contribution in [0.3, 0.4) is 0 Å². The summed E-state index contributed by atoms with van der Waals surface area (Å²) in [5.41, 5.74) is 4.38. The quantitative estimate of drug-likeness (QED) is 0.609. The number of nitrogens with zero attached hydrogens (tertiary/aromatic N) is 5. The lowest BCUT2D eigenvalue weighted by Gasteiger charge is -2.34. The molecule has 0 spiro atoms. The van der Waals surface area contributed by atoms with E-state index in [0.717, 1.165) is 37.6 Å². The maximum atomic E-state index is 12.7. The van der Waals surface area contributed by atoms with Crippen LogP contribution in [0.25, 0.3) is 11.3 Å². The minimum atomic E-state index is -0.0322. The normalized spacial score (nSPS) is 18.3. The summed E-state index contributed by atoms with van der Waals surface area (Å²) in [4.78, 5) is 26.5. The van der Waals surface area contributed by atoms with Crippen LogP contribution in [0.15, 0.2) is 59.7 Å². The summed E-state index contributed by atoms with van der Waals surface area (Å²) in [7, 11) is 5.57. The van der Waals surface area contributed by atoms with Gasteiger partial charge < -0.3 is 10.2 Å². The minimum Gasteiger partial charge on any atom is -0.342 e. The molecule has 1 N–H and O–H groups in total. The SMILES string of the molecule is CNC.Cn1c(N2CCCC(c3ccc(CN4CCCC4)cc3)C2)nc(-c2ccncc2)cc1=O. The largest absolute Gasteiger partial charge is 0.342 e. The Bertz CT molecular complexity index is 1120. The first-order chi connectivity index (χ1) is 17.1. The molecule has 186 valence electrons. The summed E-state index contributed by atoms with van der Waals surface area (Å²) >= 11 is 0. The van der Waals surface area contributed by atoms with Crippen molar-refractivity contribution in [3.63, 3.8) is 0 Å². The van der Waals surface area contributed by atoms with Gasteiger partial charge in [-0.05, 0) is 76.1 Å². The molecule has 3 aromatic rings. The third kappa shape index (κ3) is 6.35. The molecule has 2 saturated heterocycles. The Hall–Kier alpha value is -3.03. The van der Waals surface area contributed by atoms with Crippen LogP contribution in [0, 0.1) is 0 Å². The van der Waals surface area contributed by atoms with Gasteiger partial charge >= 0.3 is 0 Å². The molecule has 0 amide bonds. The van der Waals surface area contributed by atoms with Gasteiger partial charge in [-0.15, -0.1) is 0 Å². The smallest absolute Gasteiger partial charge is 0.255 e. The fraction of sp³-hybridized carbons (Fsp3) is 0.464. The fourth-order valence-corrected chi connectivity index (χ4v) is 5.01. The van der Waals surface area contributed by atoms with E-state index in [1.807, 2.05) is 33.3 Å². The standard InChI is InChI=1S/C26H31N5O.C2H7N/c1-29-25(32)17-24(22-10-12-27-13-11-22)28-26(29)31-16-4-5-23(19-31)21-8-6-20(7-9-21)18-30-14-2-3-15-30;1-3-2/h6-13,17,23H,2-5,14-16,18-19H2,1H3;3H,1-2H3. The Morgan fingerprint density at radius 1 is 0.971 bits per heavy atom. The Kier molecular flexibility index (Phi) is 8.66. The van der Waals surface area contributed by atoms with E-state index in [4.69, 9.17) is 4.98 Å². The summed E-state index contributed by atoms with van der Waals surface area (Å²) in [5, 5.41) is 2.75. The highest BCUT2D eigenvalue weighted by atomic mass is 16.1. The molecule has 2 fully saturated rings. The van der Waals surface area contributed by atoms with Gasteiger partial charge in [0.1, 0.15) is 0 Å². The Balaban J connectivity index is 0.000000917. The monoisotopic (exact) mass is 474 g/mol. The Morgan fingerprint density at radius 3 is 2.34 bits per heavy atom. The van der Waals surface area contributed by atoms with Crippen LogP contribution in [0.2, 0.25) is 0 Å². The number of anilines is 1. The van der Waals surface area contributed by atoms with Crippen LogP contribution in [0.5, 0.6) is 0 Å². The summed E-state index contributed by atoms with van der Waals surface area (Å²) in [6.45, 7) is 5.31. The average Bonchev–Trinajstić information content (AvgIpc) is 3.40. The van der Waals surface area contributed by atoms with E-state index in [2.05, 4.69) is 44.4 Å². The maximum absolute atomic E-state index is 12.7. The van der Waals surface area contributed by atoms with Crippen molar-refractivity contribution in [3.05, 3.63) is 76.3 Å². The van der Waals surface area contributed by atoms with E-state index in [-0.39, 0.29) is 5.56 Å². The molecule has 7 heteroatoms. The number of piperidine rings is 1. The predicted octanol–water partition coefficient (Wildman–Crippen LogP) is 3.66. The van der Waals surface area contributed by atoms with Crippen LogP contribution in [0.1, 0.15) is 42.7 Å². The van der Waals surface area contributed by atoms with Crippen molar-refractivity contribution in [1.29, 1.82) is 0 Å². The molecule has 4 heterocycles. The number of hydrogen-bond donors (Lipinski definition) is 1. The second-order valence-corrected chi connectivity index (χ2v) is 9.58. The van der Waals surface area contributed by atoms with Crippen LogP contribution in [-0.4, -0.2) is 59.7 Å². The van der Waals surface area contributed by atoms with Gasteiger partial charge in [0.05, 0.1) is 5.69 Å². The van der Waals surface area contributed by atoms with E-state index in [1.54, 1.807) is 23.0 Å². The van der Waals surface area contributed by atoms with Crippen molar-refractivity contribution in [2.45, 2.75) is 38.1 Å². The van der Waals surface area contributed by atoms with Crippen molar-refractivity contribution >= 4 is 5.95 Å². The molecule has 2 aliphatic rings. The Labute approximate surface area is 208 Å². The molecule has 0 saturated carbocycles. The van der Waals surface area contributed by atoms with E-state index in [9.17, 15) is 4.79 Å². The van der Waals surface area contributed by atoms with E-state index in [0.29, 0.717) is 11.6 Å². The molecule has 1 unspecified atom stereocenters. The molecule has 0 bridgehead atoms. The van der Waals surface area contributed by atoms with E-state index >= 15 is 0 Å². The van der Waals surface area contributed by atoms with Crippen molar-refractivity contribution in [3.8, 4) is 11.3 Å². The van der Waals surface area contributed by atoms with Gasteiger partial charge in [0.25, 0.3) is 5.56 Å². The van der Waals surface area contributed by atoms with Crippen LogP contribution in [0.4, 0.5) is 5.95 Å². The molecule has 0 radical (unpaired) electrons. The summed E-state index contributed by atoms with van der Waals surface area (Å²) in [6, 6.07) is 14.6. The lowest BCUT2D eigenvalue weighted by Crippen LogP contribution is -2.38.